The molecule has 0 amide bonds. The average Bonchev–Trinajstić information content (AvgIpc) is 2.86. The zero-order valence-corrected chi connectivity index (χ0v) is 11.9. The molecule has 0 aliphatic heterocycles. The number of hydrogen-bond donors (Lipinski definition) is 1. The number of aromatic nitrogens is 1. The van der Waals surface area contributed by atoms with Gasteiger partial charge in [0.1, 0.15) is 6.10 Å². The highest BCUT2D eigenvalue weighted by molar-refractivity contribution is 7.12. The lowest BCUT2D eigenvalue weighted by Crippen LogP contribution is -1.99. The molecular weight excluding hydrogens is 278 g/mol. The van der Waals surface area contributed by atoms with Gasteiger partial charge in [-0.3, -0.25) is 4.98 Å². The van der Waals surface area contributed by atoms with Crippen molar-refractivity contribution < 1.29 is 5.11 Å². The summed E-state index contributed by atoms with van der Waals surface area (Å²) < 4.78 is 0. The molecule has 1 N–H and O–H groups in total. The zero-order valence-electron chi connectivity index (χ0n) is 10.3. The normalized spacial score (nSPS) is 12.8. The Balaban J connectivity index is 2.18. The molecule has 1 atom stereocenters. The van der Waals surface area contributed by atoms with Crippen LogP contribution >= 0.6 is 22.9 Å². The van der Waals surface area contributed by atoms with Crippen molar-refractivity contribution in [1.82, 2.24) is 4.98 Å². The Bertz CT molecular complexity index is 738. The van der Waals surface area contributed by atoms with Crippen LogP contribution in [0.4, 0.5) is 0 Å². The summed E-state index contributed by atoms with van der Waals surface area (Å²) in [5, 5.41) is 12.0. The van der Waals surface area contributed by atoms with E-state index >= 15 is 0 Å². The summed E-state index contributed by atoms with van der Waals surface area (Å²) in [7, 11) is 0. The molecule has 2 nitrogen and oxygen atoms in total. The summed E-state index contributed by atoms with van der Waals surface area (Å²) >= 11 is 7.76. The molecule has 2 heterocycles. The number of rotatable bonds is 2. The number of pyridine rings is 1. The Kier molecular flexibility index (Phi) is 3.27. The lowest BCUT2D eigenvalue weighted by atomic mass is 10.0. The van der Waals surface area contributed by atoms with Gasteiger partial charge in [-0.15, -0.1) is 11.3 Å². The van der Waals surface area contributed by atoms with Crippen LogP contribution in [0.1, 0.15) is 21.4 Å². The maximum Gasteiger partial charge on any atom is 0.115 e. The number of nitrogens with zero attached hydrogens (tertiary/aromatic N) is 1. The van der Waals surface area contributed by atoms with E-state index in [4.69, 9.17) is 11.6 Å². The number of halogens is 1. The van der Waals surface area contributed by atoms with Crippen LogP contribution in [0.2, 0.25) is 5.02 Å². The summed E-state index contributed by atoms with van der Waals surface area (Å²) in [6, 6.07) is 11.4. The minimum Gasteiger partial charge on any atom is -0.383 e. The van der Waals surface area contributed by atoms with Crippen LogP contribution in [-0.2, 0) is 0 Å². The molecule has 19 heavy (non-hydrogen) atoms. The fraction of sp³-hybridized carbons (Fsp3) is 0.133. The Morgan fingerprint density at radius 3 is 2.79 bits per heavy atom. The number of aliphatic hydroxyl groups is 1. The van der Waals surface area contributed by atoms with Gasteiger partial charge in [0.25, 0.3) is 0 Å². The first-order chi connectivity index (χ1) is 9.16. The van der Waals surface area contributed by atoms with E-state index in [1.54, 1.807) is 17.5 Å². The van der Waals surface area contributed by atoms with Crippen LogP contribution in [0.25, 0.3) is 10.9 Å². The number of thiophene rings is 1. The van der Waals surface area contributed by atoms with Crippen LogP contribution in [0.15, 0.2) is 42.6 Å². The number of aryl methyl sites for hydroxylation is 1. The standard InChI is InChI=1S/C15H12ClNOS/c1-9-4-7-13(19-9)15(18)11-5-6-12(16)10-3-2-8-17-14(10)11/h2-8,15,18H,1H3. The lowest BCUT2D eigenvalue weighted by molar-refractivity contribution is 0.225. The summed E-state index contributed by atoms with van der Waals surface area (Å²) in [5.41, 5.74) is 1.55. The predicted octanol–water partition coefficient (Wildman–Crippen LogP) is 4.34. The third-order valence-corrected chi connectivity index (χ3v) is 4.46. The molecule has 1 unspecified atom stereocenters. The molecule has 1 aromatic carbocycles. The average molecular weight is 290 g/mol. The molecule has 96 valence electrons. The first-order valence-corrected chi connectivity index (χ1v) is 7.14. The second-order valence-electron chi connectivity index (χ2n) is 4.39. The van der Waals surface area contributed by atoms with Crippen molar-refractivity contribution in [2.45, 2.75) is 13.0 Å². The van der Waals surface area contributed by atoms with Crippen LogP contribution < -0.4 is 0 Å². The molecule has 0 aliphatic carbocycles. The minimum atomic E-state index is -0.659. The van der Waals surface area contributed by atoms with Crippen molar-refractivity contribution >= 4 is 33.8 Å². The van der Waals surface area contributed by atoms with E-state index in [0.717, 1.165) is 21.3 Å². The van der Waals surface area contributed by atoms with Crippen LogP contribution in [0.3, 0.4) is 0 Å². The minimum absolute atomic E-state index is 0.654. The van der Waals surface area contributed by atoms with Crippen molar-refractivity contribution in [3.63, 3.8) is 0 Å². The number of fused-ring (bicyclic) bond motifs is 1. The van der Waals surface area contributed by atoms with Gasteiger partial charge in [0.15, 0.2) is 0 Å². The molecule has 0 saturated heterocycles. The molecule has 0 spiro atoms. The van der Waals surface area contributed by atoms with Crippen molar-refractivity contribution in [1.29, 1.82) is 0 Å². The summed E-state index contributed by atoms with van der Waals surface area (Å²) in [4.78, 5) is 6.46. The first kappa shape index (κ1) is 12.6. The van der Waals surface area contributed by atoms with Gasteiger partial charge in [-0.25, -0.2) is 0 Å². The van der Waals surface area contributed by atoms with Gasteiger partial charge in [0.05, 0.1) is 5.52 Å². The summed E-state index contributed by atoms with van der Waals surface area (Å²) in [6.07, 6.45) is 1.06. The molecule has 0 aliphatic rings. The van der Waals surface area contributed by atoms with Crippen molar-refractivity contribution in [2.75, 3.05) is 0 Å². The highest BCUT2D eigenvalue weighted by Crippen LogP contribution is 2.33. The van der Waals surface area contributed by atoms with Gasteiger partial charge >= 0.3 is 0 Å². The molecule has 4 heteroatoms. The van der Waals surface area contributed by atoms with E-state index in [9.17, 15) is 5.11 Å². The SMILES string of the molecule is Cc1ccc(C(O)c2ccc(Cl)c3cccnc23)s1. The van der Waals surface area contributed by atoms with Crippen LogP contribution in [0.5, 0.6) is 0 Å². The maximum absolute atomic E-state index is 10.5. The van der Waals surface area contributed by atoms with Crippen molar-refractivity contribution in [3.05, 3.63) is 62.9 Å². The van der Waals surface area contributed by atoms with Gasteiger partial charge in [0, 0.05) is 31.9 Å². The molecule has 0 fully saturated rings. The van der Waals surface area contributed by atoms with Crippen molar-refractivity contribution in [3.8, 4) is 0 Å². The monoisotopic (exact) mass is 289 g/mol. The highest BCUT2D eigenvalue weighted by Gasteiger charge is 2.17. The second-order valence-corrected chi connectivity index (χ2v) is 6.11. The smallest absolute Gasteiger partial charge is 0.115 e. The molecule has 3 rings (SSSR count). The molecule has 2 aromatic heterocycles. The van der Waals surface area contributed by atoms with Gasteiger partial charge in [-0.05, 0) is 37.3 Å². The quantitative estimate of drug-likeness (QED) is 0.761. The predicted molar refractivity (Wildman–Crippen MR) is 79.9 cm³/mol. The topological polar surface area (TPSA) is 33.1 Å². The molecular formula is C15H12ClNOS. The number of aliphatic hydroxyl groups excluding tert-OH is 1. The van der Waals surface area contributed by atoms with Crippen molar-refractivity contribution in [2.24, 2.45) is 0 Å². The maximum atomic E-state index is 10.5. The lowest BCUT2D eigenvalue weighted by Gasteiger charge is -2.12. The Morgan fingerprint density at radius 2 is 2.05 bits per heavy atom. The zero-order chi connectivity index (χ0) is 13.4. The van der Waals surface area contributed by atoms with E-state index < -0.39 is 6.10 Å². The number of benzene rings is 1. The Labute approximate surface area is 120 Å². The third-order valence-electron chi connectivity index (χ3n) is 3.07. The van der Waals surface area contributed by atoms with Gasteiger partial charge in [0.2, 0.25) is 0 Å². The first-order valence-electron chi connectivity index (χ1n) is 5.94. The summed E-state index contributed by atoms with van der Waals surface area (Å²) in [6.45, 7) is 2.03. The Hall–Kier alpha value is -1.42. The second kappa shape index (κ2) is 4.93. The molecule has 0 bridgehead atoms. The molecule has 0 radical (unpaired) electrons. The van der Waals surface area contributed by atoms with Gasteiger partial charge in [-0.2, -0.15) is 0 Å². The van der Waals surface area contributed by atoms with Crippen LogP contribution in [-0.4, -0.2) is 10.1 Å². The summed E-state index contributed by atoms with van der Waals surface area (Å²) in [5.74, 6) is 0. The van der Waals surface area contributed by atoms with E-state index in [1.165, 1.54) is 4.88 Å². The molecule has 3 aromatic rings. The van der Waals surface area contributed by atoms with E-state index in [0.29, 0.717) is 5.02 Å². The largest absolute Gasteiger partial charge is 0.383 e. The Morgan fingerprint density at radius 1 is 1.21 bits per heavy atom. The van der Waals surface area contributed by atoms with Crippen LogP contribution in [0, 0.1) is 6.92 Å². The van der Waals surface area contributed by atoms with E-state index in [1.807, 2.05) is 43.3 Å². The van der Waals surface area contributed by atoms with E-state index in [2.05, 4.69) is 4.98 Å². The van der Waals surface area contributed by atoms with Gasteiger partial charge < -0.3 is 5.11 Å². The molecule has 0 saturated carbocycles. The van der Waals surface area contributed by atoms with E-state index in [-0.39, 0.29) is 0 Å². The third kappa shape index (κ3) is 2.25. The van der Waals surface area contributed by atoms with Gasteiger partial charge in [-0.1, -0.05) is 17.7 Å². The number of hydrogen-bond acceptors (Lipinski definition) is 3. The fourth-order valence-electron chi connectivity index (χ4n) is 2.13. The highest BCUT2D eigenvalue weighted by atomic mass is 35.5. The fourth-order valence-corrected chi connectivity index (χ4v) is 3.23.